The Kier molecular flexibility index (Phi) is 3.03. The van der Waals surface area contributed by atoms with Crippen LogP contribution in [-0.4, -0.2) is 4.98 Å². The van der Waals surface area contributed by atoms with Crippen LogP contribution in [0.1, 0.15) is 5.56 Å². The summed E-state index contributed by atoms with van der Waals surface area (Å²) in [6.45, 7) is 1.91. The van der Waals surface area contributed by atoms with Gasteiger partial charge in [0.25, 0.3) is 0 Å². The molecule has 0 unspecified atom stereocenters. The zero-order valence-electron chi connectivity index (χ0n) is 8.55. The number of H-pyrrole nitrogens is 1. The summed E-state index contributed by atoms with van der Waals surface area (Å²) in [6.07, 6.45) is 1.66. The molecule has 4 heteroatoms. The van der Waals surface area contributed by atoms with Crippen LogP contribution >= 0.6 is 23.2 Å². The van der Waals surface area contributed by atoms with Gasteiger partial charge in [-0.3, -0.25) is 4.79 Å². The van der Waals surface area contributed by atoms with E-state index in [0.29, 0.717) is 10.0 Å². The normalized spacial score (nSPS) is 10.4. The standard InChI is InChI=1S/C12H9Cl2NO/c1-7-6-15-12(16)5-9(7)10-4-8(13)2-3-11(10)14/h2-6H,1H3,(H,15,16). The Morgan fingerprint density at radius 1 is 1.12 bits per heavy atom. The highest BCUT2D eigenvalue weighted by Crippen LogP contribution is 2.31. The molecule has 0 atom stereocenters. The van der Waals surface area contributed by atoms with Gasteiger partial charge < -0.3 is 4.98 Å². The smallest absolute Gasteiger partial charge is 0.248 e. The van der Waals surface area contributed by atoms with Gasteiger partial charge in [0.2, 0.25) is 5.56 Å². The number of aromatic nitrogens is 1. The second kappa shape index (κ2) is 4.32. The van der Waals surface area contributed by atoms with Crippen LogP contribution in [0.3, 0.4) is 0 Å². The molecule has 0 aliphatic rings. The molecular formula is C12H9Cl2NO. The lowest BCUT2D eigenvalue weighted by Crippen LogP contribution is -2.04. The van der Waals surface area contributed by atoms with E-state index in [4.69, 9.17) is 23.2 Å². The Labute approximate surface area is 103 Å². The summed E-state index contributed by atoms with van der Waals surface area (Å²) < 4.78 is 0. The van der Waals surface area contributed by atoms with E-state index >= 15 is 0 Å². The quantitative estimate of drug-likeness (QED) is 0.827. The van der Waals surface area contributed by atoms with Crippen LogP contribution in [0.25, 0.3) is 11.1 Å². The first-order chi connectivity index (χ1) is 7.58. The Hall–Kier alpha value is -1.25. The van der Waals surface area contributed by atoms with Crippen LogP contribution in [0.2, 0.25) is 10.0 Å². The van der Waals surface area contributed by atoms with Gasteiger partial charge in [-0.25, -0.2) is 0 Å². The summed E-state index contributed by atoms with van der Waals surface area (Å²) in [5, 5.41) is 1.18. The van der Waals surface area contributed by atoms with Crippen molar-refractivity contribution < 1.29 is 0 Å². The molecule has 0 spiro atoms. The Morgan fingerprint density at radius 2 is 1.88 bits per heavy atom. The summed E-state index contributed by atoms with van der Waals surface area (Å²) in [5.74, 6) is 0. The molecule has 2 aromatic rings. The second-order valence-corrected chi connectivity index (χ2v) is 4.36. The highest BCUT2D eigenvalue weighted by atomic mass is 35.5. The first-order valence-electron chi connectivity index (χ1n) is 4.72. The molecule has 0 aliphatic heterocycles. The van der Waals surface area contributed by atoms with Crippen LogP contribution in [0.5, 0.6) is 0 Å². The number of pyridine rings is 1. The summed E-state index contributed by atoms with van der Waals surface area (Å²) in [5.41, 5.74) is 2.37. The number of benzene rings is 1. The maximum Gasteiger partial charge on any atom is 0.248 e. The number of aromatic amines is 1. The van der Waals surface area contributed by atoms with E-state index in [9.17, 15) is 4.79 Å². The van der Waals surface area contributed by atoms with Crippen molar-refractivity contribution in [2.75, 3.05) is 0 Å². The minimum absolute atomic E-state index is 0.156. The van der Waals surface area contributed by atoms with Gasteiger partial charge in [-0.2, -0.15) is 0 Å². The van der Waals surface area contributed by atoms with Crippen molar-refractivity contribution in [3.63, 3.8) is 0 Å². The number of halogens is 2. The van der Waals surface area contributed by atoms with Crippen molar-refractivity contribution in [2.24, 2.45) is 0 Å². The highest BCUT2D eigenvalue weighted by Gasteiger charge is 2.07. The van der Waals surface area contributed by atoms with Crippen LogP contribution in [0, 0.1) is 6.92 Å². The molecule has 1 N–H and O–H groups in total. The predicted octanol–water partition coefficient (Wildman–Crippen LogP) is 3.66. The third kappa shape index (κ3) is 2.13. The molecule has 1 aromatic heterocycles. The van der Waals surface area contributed by atoms with E-state index in [-0.39, 0.29) is 5.56 Å². The number of rotatable bonds is 1. The maximum absolute atomic E-state index is 11.3. The molecule has 1 aromatic carbocycles. The third-order valence-electron chi connectivity index (χ3n) is 2.35. The molecule has 0 radical (unpaired) electrons. The number of hydrogen-bond donors (Lipinski definition) is 1. The van der Waals surface area contributed by atoms with Gasteiger partial charge in [0.1, 0.15) is 0 Å². The number of nitrogens with one attached hydrogen (secondary N) is 1. The van der Waals surface area contributed by atoms with E-state index in [1.165, 1.54) is 6.07 Å². The summed E-state index contributed by atoms with van der Waals surface area (Å²) in [6, 6.07) is 6.72. The molecule has 82 valence electrons. The molecule has 0 bridgehead atoms. The largest absolute Gasteiger partial charge is 0.329 e. The van der Waals surface area contributed by atoms with Crippen LogP contribution in [0.4, 0.5) is 0 Å². The fourth-order valence-corrected chi connectivity index (χ4v) is 1.93. The van der Waals surface area contributed by atoms with Gasteiger partial charge in [0.05, 0.1) is 0 Å². The van der Waals surface area contributed by atoms with Crippen LogP contribution in [0.15, 0.2) is 35.3 Å². The van der Waals surface area contributed by atoms with Gasteiger partial charge >= 0.3 is 0 Å². The predicted molar refractivity (Wildman–Crippen MR) is 67.3 cm³/mol. The first-order valence-corrected chi connectivity index (χ1v) is 5.48. The molecule has 0 aliphatic carbocycles. The number of aryl methyl sites for hydroxylation is 1. The molecule has 2 nitrogen and oxygen atoms in total. The molecule has 16 heavy (non-hydrogen) atoms. The lowest BCUT2D eigenvalue weighted by Gasteiger charge is -2.07. The van der Waals surface area contributed by atoms with Crippen molar-refractivity contribution in [1.29, 1.82) is 0 Å². The second-order valence-electron chi connectivity index (χ2n) is 3.52. The van der Waals surface area contributed by atoms with Crippen LogP contribution < -0.4 is 5.56 Å². The third-order valence-corrected chi connectivity index (χ3v) is 2.91. The molecule has 0 fully saturated rings. The summed E-state index contributed by atoms with van der Waals surface area (Å²) in [7, 11) is 0. The van der Waals surface area contributed by atoms with E-state index in [1.54, 1.807) is 24.4 Å². The summed E-state index contributed by atoms with van der Waals surface area (Å²) >= 11 is 12.0. The van der Waals surface area contributed by atoms with Crippen molar-refractivity contribution in [2.45, 2.75) is 6.92 Å². The van der Waals surface area contributed by atoms with Gasteiger partial charge in [-0.1, -0.05) is 23.2 Å². The Bertz CT molecular complexity index is 590. The van der Waals surface area contributed by atoms with Gasteiger partial charge in [-0.05, 0) is 36.2 Å². The zero-order valence-corrected chi connectivity index (χ0v) is 10.1. The minimum Gasteiger partial charge on any atom is -0.329 e. The van der Waals surface area contributed by atoms with Crippen LogP contribution in [-0.2, 0) is 0 Å². The zero-order chi connectivity index (χ0) is 11.7. The minimum atomic E-state index is -0.156. The topological polar surface area (TPSA) is 32.9 Å². The van der Waals surface area contributed by atoms with Gasteiger partial charge in [0, 0.05) is 27.9 Å². The number of hydrogen-bond acceptors (Lipinski definition) is 1. The van der Waals surface area contributed by atoms with Gasteiger partial charge in [-0.15, -0.1) is 0 Å². The fraction of sp³-hybridized carbons (Fsp3) is 0.0833. The van der Waals surface area contributed by atoms with Crippen molar-refractivity contribution in [3.05, 3.63) is 56.4 Å². The highest BCUT2D eigenvalue weighted by molar-refractivity contribution is 6.35. The van der Waals surface area contributed by atoms with E-state index in [2.05, 4.69) is 4.98 Å². The van der Waals surface area contributed by atoms with E-state index in [0.717, 1.165) is 16.7 Å². The average molecular weight is 254 g/mol. The lowest BCUT2D eigenvalue weighted by atomic mass is 10.0. The first kappa shape index (κ1) is 11.2. The Morgan fingerprint density at radius 3 is 2.62 bits per heavy atom. The van der Waals surface area contributed by atoms with Crippen molar-refractivity contribution in [1.82, 2.24) is 4.98 Å². The lowest BCUT2D eigenvalue weighted by molar-refractivity contribution is 1.20. The molecule has 0 saturated heterocycles. The maximum atomic E-state index is 11.3. The monoisotopic (exact) mass is 253 g/mol. The molecule has 1 heterocycles. The molecule has 2 rings (SSSR count). The van der Waals surface area contributed by atoms with E-state index in [1.807, 2.05) is 6.92 Å². The molecule has 0 saturated carbocycles. The average Bonchev–Trinajstić information content (AvgIpc) is 2.25. The van der Waals surface area contributed by atoms with E-state index < -0.39 is 0 Å². The van der Waals surface area contributed by atoms with Crippen molar-refractivity contribution >= 4 is 23.2 Å². The SMILES string of the molecule is Cc1c[nH]c(=O)cc1-c1cc(Cl)ccc1Cl. The van der Waals surface area contributed by atoms with Crippen molar-refractivity contribution in [3.8, 4) is 11.1 Å². The molecule has 0 amide bonds. The Balaban J connectivity index is 2.71. The summed E-state index contributed by atoms with van der Waals surface area (Å²) in [4.78, 5) is 13.9. The fourth-order valence-electron chi connectivity index (χ4n) is 1.54. The van der Waals surface area contributed by atoms with Gasteiger partial charge in [0.15, 0.2) is 0 Å². The molecular weight excluding hydrogens is 245 g/mol.